The number of nitrogens with zero attached hydrogens (tertiary/aromatic N) is 1. The van der Waals surface area contributed by atoms with Crippen LogP contribution in [0.4, 0.5) is 0 Å². The van der Waals surface area contributed by atoms with Gasteiger partial charge in [-0.15, -0.1) is 0 Å². The van der Waals surface area contributed by atoms with Crippen LogP contribution in [0, 0.1) is 0 Å². The SMILES string of the molecule is c1ccc(-n2c3ccccc3c3ccc(-c4ccc5c6c(ccc5c4)-c4ccccc4C64c5ccccc5-c5ccccc54)cc32)cc1. The predicted molar refractivity (Wildman–Crippen MR) is 200 cm³/mol. The molecule has 0 amide bonds. The Kier molecular flexibility index (Phi) is 5.10. The molecule has 1 spiro atoms. The maximum atomic E-state index is 2.40. The van der Waals surface area contributed by atoms with E-state index in [9.17, 15) is 0 Å². The van der Waals surface area contributed by atoms with Crippen LogP contribution in [0.3, 0.4) is 0 Å². The molecule has 11 rings (SSSR count). The molecule has 222 valence electrons. The van der Waals surface area contributed by atoms with Crippen LogP contribution < -0.4 is 0 Å². The van der Waals surface area contributed by atoms with Gasteiger partial charge in [0.05, 0.1) is 16.4 Å². The molecule has 1 heterocycles. The van der Waals surface area contributed by atoms with Gasteiger partial charge in [0.2, 0.25) is 0 Å². The van der Waals surface area contributed by atoms with Crippen molar-refractivity contribution < 1.29 is 0 Å². The Hall–Kier alpha value is -6.18. The second kappa shape index (κ2) is 9.44. The molecule has 9 aromatic rings. The van der Waals surface area contributed by atoms with E-state index in [1.165, 1.54) is 93.9 Å². The summed E-state index contributed by atoms with van der Waals surface area (Å²) in [5.74, 6) is 0. The molecular formula is C47H29N. The van der Waals surface area contributed by atoms with Gasteiger partial charge in [0.25, 0.3) is 0 Å². The fourth-order valence-electron chi connectivity index (χ4n) is 9.12. The molecule has 2 aliphatic carbocycles. The second-order valence-electron chi connectivity index (χ2n) is 13.2. The van der Waals surface area contributed by atoms with Crippen LogP contribution >= 0.6 is 0 Å². The highest BCUT2D eigenvalue weighted by atomic mass is 15.0. The van der Waals surface area contributed by atoms with Crippen molar-refractivity contribution >= 4 is 32.6 Å². The fraction of sp³-hybridized carbons (Fsp3) is 0.0213. The topological polar surface area (TPSA) is 4.93 Å². The summed E-state index contributed by atoms with van der Waals surface area (Å²) < 4.78 is 2.40. The molecule has 0 saturated carbocycles. The van der Waals surface area contributed by atoms with Gasteiger partial charge in [-0.2, -0.15) is 0 Å². The van der Waals surface area contributed by atoms with Gasteiger partial charge in [-0.25, -0.2) is 0 Å². The van der Waals surface area contributed by atoms with Crippen molar-refractivity contribution in [1.29, 1.82) is 0 Å². The summed E-state index contributed by atoms with van der Waals surface area (Å²) >= 11 is 0. The Morgan fingerprint density at radius 1 is 0.354 bits per heavy atom. The van der Waals surface area contributed by atoms with Crippen molar-refractivity contribution in [1.82, 2.24) is 4.57 Å². The molecule has 1 nitrogen and oxygen atoms in total. The van der Waals surface area contributed by atoms with Gasteiger partial charge in [0.1, 0.15) is 0 Å². The zero-order valence-corrected chi connectivity index (χ0v) is 26.2. The number of benzene rings is 8. The van der Waals surface area contributed by atoms with Crippen molar-refractivity contribution in [2.45, 2.75) is 5.41 Å². The zero-order chi connectivity index (χ0) is 31.4. The minimum Gasteiger partial charge on any atom is -0.309 e. The van der Waals surface area contributed by atoms with E-state index < -0.39 is 0 Å². The Morgan fingerprint density at radius 3 is 1.60 bits per heavy atom. The quantitative estimate of drug-likeness (QED) is 0.184. The maximum Gasteiger partial charge on any atom is 0.0731 e. The lowest BCUT2D eigenvalue weighted by atomic mass is 9.69. The van der Waals surface area contributed by atoms with Crippen LogP contribution in [0.25, 0.3) is 71.6 Å². The summed E-state index contributed by atoms with van der Waals surface area (Å²) in [5, 5.41) is 5.14. The molecule has 0 saturated heterocycles. The molecule has 0 unspecified atom stereocenters. The van der Waals surface area contributed by atoms with Crippen LogP contribution in [0.5, 0.6) is 0 Å². The van der Waals surface area contributed by atoms with Gasteiger partial charge in [-0.05, 0) is 96.7 Å². The van der Waals surface area contributed by atoms with Gasteiger partial charge < -0.3 is 4.57 Å². The number of fused-ring (bicyclic) bond motifs is 15. The van der Waals surface area contributed by atoms with Crippen LogP contribution in [0.15, 0.2) is 176 Å². The zero-order valence-electron chi connectivity index (χ0n) is 26.2. The number of aromatic nitrogens is 1. The third-order valence-corrected chi connectivity index (χ3v) is 11.0. The van der Waals surface area contributed by atoms with Crippen molar-refractivity contribution in [2.75, 3.05) is 0 Å². The lowest BCUT2D eigenvalue weighted by Crippen LogP contribution is -2.26. The Bertz CT molecular complexity index is 2720. The van der Waals surface area contributed by atoms with E-state index in [1.54, 1.807) is 0 Å². The summed E-state index contributed by atoms with van der Waals surface area (Å²) in [4.78, 5) is 0. The van der Waals surface area contributed by atoms with Gasteiger partial charge in [-0.3, -0.25) is 0 Å². The number of hydrogen-bond acceptors (Lipinski definition) is 0. The predicted octanol–water partition coefficient (Wildman–Crippen LogP) is 11.9. The first-order valence-electron chi connectivity index (χ1n) is 16.8. The molecule has 1 heteroatoms. The molecule has 0 N–H and O–H groups in total. The standard InChI is InChI=1S/C47H29N/c1-2-12-33(13-3-1)48-44-21-11-7-17-38(44)39-26-23-31(29-45(39)48)30-22-25-34-32(28-30)24-27-40-37-16-6-10-20-43(37)47(46(34)40)41-18-8-4-14-35(41)36-15-5-9-19-42(36)47/h1-29H. The smallest absolute Gasteiger partial charge is 0.0731 e. The van der Waals surface area contributed by atoms with Crippen LogP contribution in [-0.2, 0) is 5.41 Å². The lowest BCUT2D eigenvalue weighted by molar-refractivity contribution is 0.801. The number of hydrogen-bond donors (Lipinski definition) is 0. The second-order valence-corrected chi connectivity index (χ2v) is 13.2. The van der Waals surface area contributed by atoms with Crippen LogP contribution in [0.2, 0.25) is 0 Å². The van der Waals surface area contributed by atoms with Crippen molar-refractivity contribution in [3.05, 3.63) is 198 Å². The molecule has 2 aliphatic rings. The monoisotopic (exact) mass is 607 g/mol. The third kappa shape index (κ3) is 3.21. The highest BCUT2D eigenvalue weighted by Crippen LogP contribution is 2.64. The van der Waals surface area contributed by atoms with Crippen LogP contribution in [-0.4, -0.2) is 4.57 Å². The third-order valence-electron chi connectivity index (χ3n) is 11.0. The number of para-hydroxylation sites is 2. The molecule has 0 radical (unpaired) electrons. The molecule has 0 atom stereocenters. The summed E-state index contributed by atoms with van der Waals surface area (Å²) in [6, 6.07) is 65.4. The summed E-state index contributed by atoms with van der Waals surface area (Å²) in [7, 11) is 0. The normalized spacial score (nSPS) is 13.6. The highest BCUT2D eigenvalue weighted by Gasteiger charge is 2.52. The maximum absolute atomic E-state index is 2.40. The summed E-state index contributed by atoms with van der Waals surface area (Å²) in [6.07, 6.45) is 0. The fourth-order valence-corrected chi connectivity index (χ4v) is 9.12. The van der Waals surface area contributed by atoms with E-state index in [1.807, 2.05) is 0 Å². The summed E-state index contributed by atoms with van der Waals surface area (Å²) in [5.41, 5.74) is 16.6. The van der Waals surface area contributed by atoms with E-state index in [4.69, 9.17) is 0 Å². The summed E-state index contributed by atoms with van der Waals surface area (Å²) in [6.45, 7) is 0. The van der Waals surface area contributed by atoms with Gasteiger partial charge >= 0.3 is 0 Å². The first kappa shape index (κ1) is 25.9. The molecule has 8 aromatic carbocycles. The van der Waals surface area contributed by atoms with Gasteiger partial charge in [0.15, 0.2) is 0 Å². The van der Waals surface area contributed by atoms with Crippen LogP contribution in [0.1, 0.15) is 22.3 Å². The highest BCUT2D eigenvalue weighted by molar-refractivity contribution is 6.11. The molecule has 0 bridgehead atoms. The molecule has 0 aliphatic heterocycles. The van der Waals surface area contributed by atoms with Crippen molar-refractivity contribution in [2.24, 2.45) is 0 Å². The van der Waals surface area contributed by atoms with Crippen molar-refractivity contribution in [3.8, 4) is 39.1 Å². The van der Waals surface area contributed by atoms with E-state index in [0.717, 1.165) is 0 Å². The molecular weight excluding hydrogens is 579 g/mol. The van der Waals surface area contributed by atoms with Gasteiger partial charge in [0, 0.05) is 16.5 Å². The van der Waals surface area contributed by atoms with Gasteiger partial charge in [-0.1, -0.05) is 146 Å². The first-order chi connectivity index (χ1) is 23.8. The lowest BCUT2D eigenvalue weighted by Gasteiger charge is -2.31. The molecule has 0 fully saturated rings. The largest absolute Gasteiger partial charge is 0.309 e. The average Bonchev–Trinajstić information content (AvgIpc) is 3.76. The minimum atomic E-state index is -0.352. The van der Waals surface area contributed by atoms with E-state index >= 15 is 0 Å². The van der Waals surface area contributed by atoms with Crippen molar-refractivity contribution in [3.63, 3.8) is 0 Å². The number of rotatable bonds is 2. The first-order valence-corrected chi connectivity index (χ1v) is 16.8. The van der Waals surface area contributed by atoms with E-state index in [0.29, 0.717) is 0 Å². The Labute approximate surface area is 279 Å². The van der Waals surface area contributed by atoms with E-state index in [-0.39, 0.29) is 5.41 Å². The molecule has 48 heavy (non-hydrogen) atoms. The minimum absolute atomic E-state index is 0.352. The Morgan fingerprint density at radius 2 is 0.896 bits per heavy atom. The van der Waals surface area contributed by atoms with E-state index in [2.05, 4.69) is 180 Å². The molecule has 1 aromatic heterocycles. The Balaban J connectivity index is 1.16. The average molecular weight is 608 g/mol.